The first-order chi connectivity index (χ1) is 10.1. The minimum Gasteiger partial charge on any atom is -0.370 e. The number of nitrogens with zero attached hydrogens (tertiary/aromatic N) is 2. The molecule has 1 aromatic heterocycles. The van der Waals surface area contributed by atoms with E-state index in [-0.39, 0.29) is 5.60 Å². The highest BCUT2D eigenvalue weighted by atomic mass is 16.5. The van der Waals surface area contributed by atoms with Gasteiger partial charge in [0.1, 0.15) is 5.60 Å². The molecule has 1 aromatic rings. The highest BCUT2D eigenvalue weighted by Gasteiger charge is 2.40. The van der Waals surface area contributed by atoms with Crippen molar-refractivity contribution in [2.75, 3.05) is 13.7 Å². The van der Waals surface area contributed by atoms with Crippen LogP contribution in [0.4, 0.5) is 0 Å². The normalized spacial score (nSPS) is 27.7. The lowest BCUT2D eigenvalue weighted by atomic mass is 9.78. The van der Waals surface area contributed by atoms with Gasteiger partial charge in [-0.05, 0) is 38.1 Å². The molecule has 120 valence electrons. The van der Waals surface area contributed by atoms with Gasteiger partial charge in [0.15, 0.2) is 0 Å². The maximum Gasteiger partial charge on any atom is 0.228 e. The van der Waals surface area contributed by atoms with E-state index in [1.165, 1.54) is 6.42 Å². The van der Waals surface area contributed by atoms with Crippen LogP contribution in [0, 0.1) is 5.92 Å². The summed E-state index contributed by atoms with van der Waals surface area (Å²) in [6.45, 7) is 7.51. The second kappa shape index (κ2) is 7.36. The average Bonchev–Trinajstić information content (AvgIpc) is 2.95. The van der Waals surface area contributed by atoms with E-state index in [9.17, 15) is 0 Å². The van der Waals surface area contributed by atoms with Crippen molar-refractivity contribution in [3.8, 4) is 0 Å². The molecule has 0 bridgehead atoms. The predicted octanol–water partition coefficient (Wildman–Crippen LogP) is 3.05. The molecule has 1 N–H and O–H groups in total. The Labute approximate surface area is 127 Å². The summed E-state index contributed by atoms with van der Waals surface area (Å²) in [5.74, 6) is 2.09. The molecule has 1 heterocycles. The Balaban J connectivity index is 2.10. The van der Waals surface area contributed by atoms with Crippen LogP contribution in [0.1, 0.15) is 64.6 Å². The number of rotatable bonds is 7. The second-order valence-electron chi connectivity index (χ2n) is 6.28. The van der Waals surface area contributed by atoms with Gasteiger partial charge in [-0.1, -0.05) is 32.3 Å². The molecule has 1 fully saturated rings. The minimum absolute atomic E-state index is 0.348. The fraction of sp³-hybridized carbons (Fsp3) is 0.875. The lowest BCUT2D eigenvalue weighted by Crippen LogP contribution is -2.35. The van der Waals surface area contributed by atoms with Crippen LogP contribution in [0.15, 0.2) is 4.52 Å². The fourth-order valence-corrected chi connectivity index (χ4v) is 3.37. The van der Waals surface area contributed by atoms with Crippen LogP contribution < -0.4 is 5.32 Å². The molecule has 0 spiro atoms. The monoisotopic (exact) mass is 295 g/mol. The Hall–Kier alpha value is -0.940. The highest BCUT2D eigenvalue weighted by molar-refractivity contribution is 5.04. The largest absolute Gasteiger partial charge is 0.370 e. The molecule has 1 aliphatic rings. The molecule has 0 aliphatic heterocycles. The molecular weight excluding hydrogens is 266 g/mol. The zero-order valence-electron chi connectivity index (χ0n) is 13.8. The van der Waals surface area contributed by atoms with Crippen LogP contribution in [0.25, 0.3) is 0 Å². The van der Waals surface area contributed by atoms with E-state index in [4.69, 9.17) is 9.26 Å². The van der Waals surface area contributed by atoms with E-state index >= 15 is 0 Å². The molecule has 0 aromatic carbocycles. The summed E-state index contributed by atoms with van der Waals surface area (Å²) >= 11 is 0. The van der Waals surface area contributed by atoms with E-state index in [2.05, 4.69) is 36.2 Å². The predicted molar refractivity (Wildman–Crippen MR) is 82.1 cm³/mol. The van der Waals surface area contributed by atoms with Gasteiger partial charge in [0.25, 0.3) is 0 Å². The summed E-state index contributed by atoms with van der Waals surface area (Å²) in [4.78, 5) is 4.64. The van der Waals surface area contributed by atoms with Crippen molar-refractivity contribution in [1.29, 1.82) is 0 Å². The van der Waals surface area contributed by atoms with Crippen molar-refractivity contribution in [1.82, 2.24) is 15.5 Å². The second-order valence-corrected chi connectivity index (χ2v) is 6.28. The molecule has 3 atom stereocenters. The Morgan fingerprint density at radius 3 is 2.90 bits per heavy atom. The van der Waals surface area contributed by atoms with Crippen LogP contribution in [-0.4, -0.2) is 29.8 Å². The summed E-state index contributed by atoms with van der Waals surface area (Å²) in [6, 6.07) is 0.395. The molecule has 0 saturated heterocycles. The Bertz CT molecular complexity index is 435. The number of likely N-dealkylation sites (N-methyl/N-ethyl adjacent to an activating group) is 1. The molecule has 0 amide bonds. The number of hydrogen-bond acceptors (Lipinski definition) is 5. The Morgan fingerprint density at radius 2 is 2.29 bits per heavy atom. The van der Waals surface area contributed by atoms with Crippen molar-refractivity contribution in [3.63, 3.8) is 0 Å². The van der Waals surface area contributed by atoms with Gasteiger partial charge in [0.05, 0.1) is 0 Å². The first-order valence-electron chi connectivity index (χ1n) is 8.25. The Morgan fingerprint density at radius 1 is 1.48 bits per heavy atom. The third kappa shape index (κ3) is 3.83. The van der Waals surface area contributed by atoms with E-state index in [0.29, 0.717) is 17.9 Å². The average molecular weight is 295 g/mol. The van der Waals surface area contributed by atoms with Gasteiger partial charge in [0, 0.05) is 19.6 Å². The van der Waals surface area contributed by atoms with Gasteiger partial charge < -0.3 is 14.6 Å². The summed E-state index contributed by atoms with van der Waals surface area (Å²) in [5, 5.41) is 7.67. The van der Waals surface area contributed by atoms with Gasteiger partial charge in [-0.2, -0.15) is 4.98 Å². The zero-order valence-corrected chi connectivity index (χ0v) is 13.8. The van der Waals surface area contributed by atoms with Crippen LogP contribution in [0.5, 0.6) is 0 Å². The first kappa shape index (κ1) is 16.4. The molecule has 5 heteroatoms. The SMILES string of the molecule is CCNC(CC)Cc1nc(C2(OC)CCCC(C)C2)no1. The number of nitrogens with one attached hydrogen (secondary N) is 1. The third-order valence-corrected chi connectivity index (χ3v) is 4.63. The lowest BCUT2D eigenvalue weighted by Gasteiger charge is -2.36. The first-order valence-corrected chi connectivity index (χ1v) is 8.25. The van der Waals surface area contributed by atoms with Crippen molar-refractivity contribution >= 4 is 0 Å². The van der Waals surface area contributed by atoms with Gasteiger partial charge in [-0.15, -0.1) is 0 Å². The number of aromatic nitrogens is 2. The molecule has 5 nitrogen and oxygen atoms in total. The fourth-order valence-electron chi connectivity index (χ4n) is 3.37. The molecule has 0 radical (unpaired) electrons. The molecule has 21 heavy (non-hydrogen) atoms. The van der Waals surface area contributed by atoms with E-state index in [1.54, 1.807) is 7.11 Å². The number of hydrogen-bond donors (Lipinski definition) is 1. The van der Waals surface area contributed by atoms with E-state index in [1.807, 2.05) is 0 Å². The number of methoxy groups -OCH3 is 1. The van der Waals surface area contributed by atoms with Crippen LogP contribution in [0.2, 0.25) is 0 Å². The van der Waals surface area contributed by atoms with Gasteiger partial charge in [-0.25, -0.2) is 0 Å². The van der Waals surface area contributed by atoms with Gasteiger partial charge in [-0.3, -0.25) is 0 Å². The topological polar surface area (TPSA) is 60.2 Å². The van der Waals surface area contributed by atoms with Gasteiger partial charge in [0.2, 0.25) is 11.7 Å². The van der Waals surface area contributed by atoms with E-state index < -0.39 is 0 Å². The Kier molecular flexibility index (Phi) is 5.76. The summed E-state index contributed by atoms with van der Waals surface area (Å²) in [7, 11) is 1.77. The van der Waals surface area contributed by atoms with Crippen molar-refractivity contribution in [2.24, 2.45) is 5.92 Å². The maximum atomic E-state index is 5.83. The zero-order chi connectivity index (χ0) is 15.3. The number of ether oxygens (including phenoxy) is 1. The molecule has 1 aliphatic carbocycles. The maximum absolute atomic E-state index is 5.83. The van der Waals surface area contributed by atoms with Crippen molar-refractivity contribution < 1.29 is 9.26 Å². The van der Waals surface area contributed by atoms with Crippen LogP contribution in [-0.2, 0) is 16.8 Å². The molecule has 1 saturated carbocycles. The van der Waals surface area contributed by atoms with Gasteiger partial charge >= 0.3 is 0 Å². The van der Waals surface area contributed by atoms with Crippen LogP contribution >= 0.6 is 0 Å². The van der Waals surface area contributed by atoms with Crippen molar-refractivity contribution in [3.05, 3.63) is 11.7 Å². The standard InChI is InChI=1S/C16H29N3O2/c1-5-13(17-6-2)10-14-18-15(19-21-14)16(20-4)9-7-8-12(3)11-16/h12-13,17H,5-11H2,1-4H3. The van der Waals surface area contributed by atoms with E-state index in [0.717, 1.165) is 44.5 Å². The van der Waals surface area contributed by atoms with Crippen molar-refractivity contribution in [2.45, 2.75) is 70.9 Å². The molecule has 3 unspecified atom stereocenters. The summed E-state index contributed by atoms with van der Waals surface area (Å²) in [5.41, 5.74) is -0.348. The quantitative estimate of drug-likeness (QED) is 0.837. The third-order valence-electron chi connectivity index (χ3n) is 4.63. The molecule has 2 rings (SSSR count). The highest BCUT2D eigenvalue weighted by Crippen LogP contribution is 2.41. The minimum atomic E-state index is -0.348. The summed E-state index contributed by atoms with van der Waals surface area (Å²) < 4.78 is 11.3. The summed E-state index contributed by atoms with van der Waals surface area (Å²) in [6.07, 6.45) is 6.22. The van der Waals surface area contributed by atoms with Crippen LogP contribution in [0.3, 0.4) is 0 Å². The molecular formula is C16H29N3O2. The lowest BCUT2D eigenvalue weighted by molar-refractivity contribution is -0.0658. The smallest absolute Gasteiger partial charge is 0.228 e.